The average molecular weight is 286 g/mol. The van der Waals surface area contributed by atoms with Crippen molar-refractivity contribution in [3.05, 3.63) is 46.1 Å². The molecule has 1 aromatic heterocycles. The van der Waals surface area contributed by atoms with Gasteiger partial charge in [-0.1, -0.05) is 6.07 Å². The van der Waals surface area contributed by atoms with E-state index >= 15 is 0 Å². The Labute approximate surface area is 120 Å². The monoisotopic (exact) mass is 286 g/mol. The van der Waals surface area contributed by atoms with Gasteiger partial charge in [-0.3, -0.25) is 15.1 Å². The van der Waals surface area contributed by atoms with Crippen molar-refractivity contribution in [2.75, 3.05) is 18.4 Å². The highest BCUT2D eigenvalue weighted by Gasteiger charge is 2.14. The van der Waals surface area contributed by atoms with Gasteiger partial charge in [0.15, 0.2) is 5.96 Å². The minimum Gasteiger partial charge on any atom is -0.354 e. The summed E-state index contributed by atoms with van der Waals surface area (Å²) in [6, 6.07) is 8.21. The summed E-state index contributed by atoms with van der Waals surface area (Å²) in [5, 5.41) is 21.5. The summed E-state index contributed by atoms with van der Waals surface area (Å²) < 4.78 is 1.63. The lowest BCUT2D eigenvalue weighted by Gasteiger charge is -2.09. The molecule has 1 aliphatic heterocycles. The van der Waals surface area contributed by atoms with Gasteiger partial charge in [-0.15, -0.1) is 0 Å². The first-order valence-corrected chi connectivity index (χ1v) is 6.50. The van der Waals surface area contributed by atoms with Crippen molar-refractivity contribution in [1.29, 1.82) is 0 Å². The second-order valence-electron chi connectivity index (χ2n) is 4.64. The Morgan fingerprint density at radius 3 is 3.00 bits per heavy atom. The molecule has 0 unspecified atom stereocenters. The van der Waals surface area contributed by atoms with Gasteiger partial charge in [0, 0.05) is 24.7 Å². The van der Waals surface area contributed by atoms with Crippen molar-refractivity contribution >= 4 is 17.5 Å². The van der Waals surface area contributed by atoms with Gasteiger partial charge >= 0.3 is 0 Å². The maximum absolute atomic E-state index is 10.9. The smallest absolute Gasteiger partial charge is 0.271 e. The fraction of sp³-hybridized carbons (Fsp3) is 0.231. The molecular formula is C13H14N6O2. The van der Waals surface area contributed by atoms with E-state index in [4.69, 9.17) is 0 Å². The first kappa shape index (κ1) is 13.1. The molecule has 2 N–H and O–H groups in total. The van der Waals surface area contributed by atoms with E-state index in [-0.39, 0.29) is 5.69 Å². The predicted molar refractivity (Wildman–Crippen MR) is 78.9 cm³/mol. The first-order valence-electron chi connectivity index (χ1n) is 6.50. The number of aryl methyl sites for hydroxylation is 1. The van der Waals surface area contributed by atoms with E-state index < -0.39 is 4.92 Å². The number of nitro benzene ring substituents is 1. The van der Waals surface area contributed by atoms with Crippen molar-refractivity contribution in [2.24, 2.45) is 4.99 Å². The molecule has 0 bridgehead atoms. The van der Waals surface area contributed by atoms with Crippen LogP contribution in [0.15, 0.2) is 35.3 Å². The quantitative estimate of drug-likeness (QED) is 0.657. The van der Waals surface area contributed by atoms with E-state index in [2.05, 4.69) is 20.7 Å². The lowest BCUT2D eigenvalue weighted by Crippen LogP contribution is -2.27. The van der Waals surface area contributed by atoms with Crippen LogP contribution in [0, 0.1) is 17.0 Å². The van der Waals surface area contributed by atoms with Crippen molar-refractivity contribution in [3.8, 4) is 5.69 Å². The van der Waals surface area contributed by atoms with Crippen LogP contribution in [0.2, 0.25) is 0 Å². The molecule has 0 amide bonds. The summed E-state index contributed by atoms with van der Waals surface area (Å²) in [6.45, 7) is 3.39. The zero-order valence-corrected chi connectivity index (χ0v) is 11.4. The number of benzene rings is 1. The molecule has 0 saturated carbocycles. The molecule has 3 rings (SSSR count). The molecular weight excluding hydrogens is 272 g/mol. The van der Waals surface area contributed by atoms with Gasteiger partial charge in [-0.05, 0) is 13.0 Å². The number of aromatic nitrogens is 2. The second-order valence-corrected chi connectivity index (χ2v) is 4.64. The minimum atomic E-state index is -0.421. The maximum atomic E-state index is 10.9. The Kier molecular flexibility index (Phi) is 3.27. The van der Waals surface area contributed by atoms with Crippen molar-refractivity contribution in [2.45, 2.75) is 6.92 Å². The highest BCUT2D eigenvalue weighted by molar-refractivity contribution is 5.94. The zero-order valence-electron chi connectivity index (χ0n) is 11.4. The third kappa shape index (κ3) is 2.69. The summed E-state index contributed by atoms with van der Waals surface area (Å²) in [5.74, 6) is 1.39. The topological polar surface area (TPSA) is 97.4 Å². The highest BCUT2D eigenvalue weighted by atomic mass is 16.6. The van der Waals surface area contributed by atoms with Crippen LogP contribution in [0.3, 0.4) is 0 Å². The number of rotatable bonds is 3. The summed E-state index contributed by atoms with van der Waals surface area (Å²) in [4.78, 5) is 14.7. The summed E-state index contributed by atoms with van der Waals surface area (Å²) in [7, 11) is 0. The number of nitro groups is 1. The van der Waals surface area contributed by atoms with Gasteiger partial charge < -0.3 is 10.6 Å². The van der Waals surface area contributed by atoms with Gasteiger partial charge in [0.25, 0.3) is 5.69 Å². The number of hydrogen-bond donors (Lipinski definition) is 2. The second kappa shape index (κ2) is 5.23. The normalized spacial score (nSPS) is 13.7. The Morgan fingerprint density at radius 2 is 2.29 bits per heavy atom. The summed E-state index contributed by atoms with van der Waals surface area (Å²) in [6.07, 6.45) is 0. The largest absolute Gasteiger partial charge is 0.354 e. The van der Waals surface area contributed by atoms with Gasteiger partial charge in [0.1, 0.15) is 5.82 Å². The lowest BCUT2D eigenvalue weighted by molar-refractivity contribution is -0.384. The lowest BCUT2D eigenvalue weighted by atomic mass is 10.3. The Balaban J connectivity index is 1.98. The molecule has 0 radical (unpaired) electrons. The van der Waals surface area contributed by atoms with Crippen LogP contribution in [0.5, 0.6) is 0 Å². The van der Waals surface area contributed by atoms with Crippen LogP contribution in [0.25, 0.3) is 5.69 Å². The SMILES string of the molecule is Cc1cc(NC2=NCCN2)n(-c2cccc([N+](=O)[O-])c2)n1. The van der Waals surface area contributed by atoms with E-state index in [9.17, 15) is 10.1 Å². The Hall–Kier alpha value is -2.90. The molecule has 8 nitrogen and oxygen atoms in total. The minimum absolute atomic E-state index is 0.0305. The molecule has 108 valence electrons. The molecule has 0 atom stereocenters. The highest BCUT2D eigenvalue weighted by Crippen LogP contribution is 2.21. The molecule has 0 saturated heterocycles. The van der Waals surface area contributed by atoms with E-state index in [0.717, 1.165) is 18.8 Å². The van der Waals surface area contributed by atoms with E-state index in [1.807, 2.05) is 13.0 Å². The first-order chi connectivity index (χ1) is 10.1. The molecule has 2 aromatic rings. The van der Waals surface area contributed by atoms with Gasteiger partial charge in [0.2, 0.25) is 0 Å². The van der Waals surface area contributed by atoms with E-state index in [1.54, 1.807) is 16.8 Å². The van der Waals surface area contributed by atoms with Crippen LogP contribution in [-0.2, 0) is 0 Å². The van der Waals surface area contributed by atoms with E-state index in [1.165, 1.54) is 12.1 Å². The number of aliphatic imine (C=N–C) groups is 1. The Morgan fingerprint density at radius 1 is 1.43 bits per heavy atom. The number of hydrogen-bond acceptors (Lipinski definition) is 6. The molecule has 21 heavy (non-hydrogen) atoms. The van der Waals surface area contributed by atoms with Gasteiger partial charge in [-0.2, -0.15) is 5.10 Å². The van der Waals surface area contributed by atoms with Gasteiger partial charge in [0.05, 0.1) is 22.8 Å². The van der Waals surface area contributed by atoms with Crippen molar-refractivity contribution < 1.29 is 4.92 Å². The van der Waals surface area contributed by atoms with Crippen molar-refractivity contribution in [1.82, 2.24) is 15.1 Å². The van der Waals surface area contributed by atoms with Crippen LogP contribution in [-0.4, -0.2) is 33.8 Å². The number of anilines is 1. The molecule has 0 aliphatic carbocycles. The standard InChI is InChI=1S/C13H14N6O2/c1-9-7-12(16-13-14-5-6-15-13)18(17-9)10-3-2-4-11(8-10)19(20)21/h2-4,7-8H,5-6H2,1H3,(H2,14,15,16). The van der Waals surface area contributed by atoms with Gasteiger partial charge in [-0.25, -0.2) is 4.68 Å². The molecule has 8 heteroatoms. The molecule has 1 aromatic carbocycles. The third-order valence-corrected chi connectivity index (χ3v) is 3.04. The molecule has 1 aliphatic rings. The number of nitrogens with zero attached hydrogens (tertiary/aromatic N) is 4. The van der Waals surface area contributed by atoms with Crippen LogP contribution in [0.4, 0.5) is 11.5 Å². The fourth-order valence-corrected chi connectivity index (χ4v) is 2.13. The Bertz CT molecular complexity index is 721. The predicted octanol–water partition coefficient (Wildman–Crippen LogP) is 1.46. The fourth-order valence-electron chi connectivity index (χ4n) is 2.13. The molecule has 2 heterocycles. The number of nitrogens with one attached hydrogen (secondary N) is 2. The average Bonchev–Trinajstić information content (AvgIpc) is 3.09. The summed E-state index contributed by atoms with van der Waals surface area (Å²) in [5.41, 5.74) is 1.46. The van der Waals surface area contributed by atoms with Crippen LogP contribution in [0.1, 0.15) is 5.69 Å². The van der Waals surface area contributed by atoms with E-state index in [0.29, 0.717) is 17.5 Å². The summed E-state index contributed by atoms with van der Waals surface area (Å²) >= 11 is 0. The van der Waals surface area contributed by atoms with Crippen molar-refractivity contribution in [3.63, 3.8) is 0 Å². The van der Waals surface area contributed by atoms with Crippen LogP contribution >= 0.6 is 0 Å². The number of non-ortho nitro benzene ring substituents is 1. The maximum Gasteiger partial charge on any atom is 0.271 e. The third-order valence-electron chi connectivity index (χ3n) is 3.04. The van der Waals surface area contributed by atoms with Crippen LogP contribution < -0.4 is 10.6 Å². The number of guanidine groups is 1. The zero-order chi connectivity index (χ0) is 14.8. The molecule has 0 spiro atoms. The molecule has 0 fully saturated rings.